The summed E-state index contributed by atoms with van der Waals surface area (Å²) in [6, 6.07) is 5.90. The van der Waals surface area contributed by atoms with Gasteiger partial charge in [0.15, 0.2) is 0 Å². The molecule has 1 saturated heterocycles. The topological polar surface area (TPSA) is 66.8 Å². The summed E-state index contributed by atoms with van der Waals surface area (Å²) in [6.45, 7) is 0.955. The number of carboxylic acids is 1. The summed E-state index contributed by atoms with van der Waals surface area (Å²) >= 11 is 0. The Bertz CT molecular complexity index is 623. The average Bonchev–Trinajstić information content (AvgIpc) is 3.02. The van der Waals surface area contributed by atoms with Crippen LogP contribution in [0.4, 0.5) is 0 Å². The third-order valence-electron chi connectivity index (χ3n) is 5.08. The van der Waals surface area contributed by atoms with Gasteiger partial charge in [0.1, 0.15) is 5.41 Å². The number of methoxy groups -OCH3 is 1. The first-order chi connectivity index (χ1) is 11.1. The Morgan fingerprint density at radius 1 is 1.26 bits per heavy atom. The highest BCUT2D eigenvalue weighted by Gasteiger charge is 2.44. The first-order valence-electron chi connectivity index (χ1n) is 8.19. The Kier molecular flexibility index (Phi) is 4.39. The van der Waals surface area contributed by atoms with E-state index in [2.05, 4.69) is 0 Å². The first kappa shape index (κ1) is 16.0. The molecular formula is C18H23NO4. The van der Waals surface area contributed by atoms with Crippen LogP contribution in [-0.2, 0) is 22.4 Å². The second-order valence-electron chi connectivity index (χ2n) is 6.69. The number of carboxylic acid groups (broad SMARTS) is 1. The lowest BCUT2D eigenvalue weighted by Gasteiger charge is -2.39. The van der Waals surface area contributed by atoms with E-state index >= 15 is 0 Å². The van der Waals surface area contributed by atoms with E-state index in [-0.39, 0.29) is 19.1 Å². The molecule has 0 saturated carbocycles. The second-order valence-corrected chi connectivity index (χ2v) is 6.69. The van der Waals surface area contributed by atoms with Gasteiger partial charge >= 0.3 is 5.97 Å². The fraction of sp³-hybridized carbons (Fsp3) is 0.556. The minimum Gasteiger partial charge on any atom is -0.481 e. The largest absolute Gasteiger partial charge is 0.481 e. The molecule has 1 aromatic rings. The molecule has 3 rings (SSSR count). The minimum atomic E-state index is -0.987. The maximum Gasteiger partial charge on any atom is 0.313 e. The number of carbonyl (C=O) groups is 2. The average molecular weight is 317 g/mol. The molecule has 0 bridgehead atoms. The molecule has 1 aliphatic heterocycles. The highest BCUT2D eigenvalue weighted by atomic mass is 16.5. The number of fused-ring (bicyclic) bond motifs is 1. The van der Waals surface area contributed by atoms with E-state index in [1.165, 1.54) is 18.2 Å². The minimum absolute atomic E-state index is 0.0684. The predicted octanol–water partition coefficient (Wildman–Crippen LogP) is 2.13. The van der Waals surface area contributed by atoms with E-state index in [0.29, 0.717) is 24.9 Å². The van der Waals surface area contributed by atoms with Crippen molar-refractivity contribution in [3.8, 4) is 0 Å². The Hall–Kier alpha value is -1.88. The molecular weight excluding hydrogens is 294 g/mol. The second kappa shape index (κ2) is 6.32. The van der Waals surface area contributed by atoms with Crippen LogP contribution in [0.1, 0.15) is 40.7 Å². The van der Waals surface area contributed by atoms with E-state index in [1.54, 1.807) is 4.90 Å². The zero-order valence-electron chi connectivity index (χ0n) is 13.5. The van der Waals surface area contributed by atoms with Gasteiger partial charge in [-0.15, -0.1) is 0 Å². The van der Waals surface area contributed by atoms with Crippen LogP contribution >= 0.6 is 0 Å². The van der Waals surface area contributed by atoms with Gasteiger partial charge in [0.2, 0.25) is 0 Å². The van der Waals surface area contributed by atoms with Crippen molar-refractivity contribution < 1.29 is 19.4 Å². The van der Waals surface area contributed by atoms with E-state index in [9.17, 15) is 14.7 Å². The number of piperidine rings is 1. The van der Waals surface area contributed by atoms with E-state index in [4.69, 9.17) is 4.74 Å². The number of aliphatic carboxylic acids is 1. The van der Waals surface area contributed by atoms with E-state index in [0.717, 1.165) is 19.3 Å². The van der Waals surface area contributed by atoms with Crippen LogP contribution in [0, 0.1) is 5.41 Å². The van der Waals surface area contributed by atoms with Crippen molar-refractivity contribution in [2.75, 3.05) is 26.8 Å². The van der Waals surface area contributed by atoms with Crippen molar-refractivity contribution >= 4 is 11.9 Å². The van der Waals surface area contributed by atoms with Gasteiger partial charge < -0.3 is 14.7 Å². The smallest absolute Gasteiger partial charge is 0.313 e. The number of aryl methyl sites for hydroxylation is 2. The van der Waals surface area contributed by atoms with Gasteiger partial charge in [-0.2, -0.15) is 0 Å². The van der Waals surface area contributed by atoms with Crippen LogP contribution in [0.2, 0.25) is 0 Å². The number of hydrogen-bond acceptors (Lipinski definition) is 3. The number of likely N-dealkylation sites (tertiary alicyclic amines) is 1. The van der Waals surface area contributed by atoms with Crippen molar-refractivity contribution in [2.45, 2.75) is 32.1 Å². The zero-order chi connectivity index (χ0) is 16.4. The van der Waals surface area contributed by atoms with Crippen LogP contribution in [-0.4, -0.2) is 48.7 Å². The standard InChI is InChI=1S/C18H23NO4/c1-23-12-18(17(21)22)8-3-9-19(11-18)16(20)15-7-6-13-4-2-5-14(13)10-15/h6-7,10H,2-5,8-9,11-12H2,1H3,(H,21,22). The summed E-state index contributed by atoms with van der Waals surface area (Å²) in [5, 5.41) is 9.60. The van der Waals surface area contributed by atoms with Crippen molar-refractivity contribution in [3.05, 3.63) is 34.9 Å². The monoisotopic (exact) mass is 317 g/mol. The van der Waals surface area contributed by atoms with Gasteiger partial charge in [-0.05, 0) is 55.4 Å². The molecule has 0 spiro atoms. The predicted molar refractivity (Wildman–Crippen MR) is 85.5 cm³/mol. The van der Waals surface area contributed by atoms with Gasteiger partial charge in [0.25, 0.3) is 5.91 Å². The molecule has 1 fully saturated rings. The number of ether oxygens (including phenoxy) is 1. The molecule has 1 amide bonds. The number of hydrogen-bond donors (Lipinski definition) is 1. The van der Waals surface area contributed by atoms with Crippen LogP contribution in [0.3, 0.4) is 0 Å². The van der Waals surface area contributed by atoms with Crippen molar-refractivity contribution in [1.29, 1.82) is 0 Å². The maximum atomic E-state index is 12.8. The van der Waals surface area contributed by atoms with Crippen molar-refractivity contribution in [1.82, 2.24) is 4.90 Å². The van der Waals surface area contributed by atoms with Crippen LogP contribution in [0.15, 0.2) is 18.2 Å². The van der Waals surface area contributed by atoms with Gasteiger partial charge in [-0.3, -0.25) is 9.59 Å². The van der Waals surface area contributed by atoms with E-state index < -0.39 is 11.4 Å². The van der Waals surface area contributed by atoms with Crippen molar-refractivity contribution in [3.63, 3.8) is 0 Å². The summed E-state index contributed by atoms with van der Waals surface area (Å²) < 4.78 is 5.12. The summed E-state index contributed by atoms with van der Waals surface area (Å²) in [5.41, 5.74) is 2.28. The highest BCUT2D eigenvalue weighted by molar-refractivity contribution is 5.95. The first-order valence-corrected chi connectivity index (χ1v) is 8.19. The SMILES string of the molecule is COCC1(C(=O)O)CCCN(C(=O)c2ccc3c(c2)CCC3)C1. The molecule has 1 unspecified atom stereocenters. The molecule has 1 aliphatic carbocycles. The molecule has 124 valence electrons. The third kappa shape index (κ3) is 2.98. The fourth-order valence-electron chi connectivity index (χ4n) is 3.82. The molecule has 1 heterocycles. The maximum absolute atomic E-state index is 12.8. The lowest BCUT2D eigenvalue weighted by atomic mass is 9.80. The normalized spacial score (nSPS) is 23.6. The molecule has 5 heteroatoms. The van der Waals surface area contributed by atoms with E-state index in [1.807, 2.05) is 18.2 Å². The lowest BCUT2D eigenvalue weighted by Crippen LogP contribution is -2.52. The number of nitrogens with zero attached hydrogens (tertiary/aromatic N) is 1. The molecule has 1 N–H and O–H groups in total. The quantitative estimate of drug-likeness (QED) is 0.924. The Balaban J connectivity index is 1.80. The molecule has 1 atom stereocenters. The summed E-state index contributed by atoms with van der Waals surface area (Å²) in [6.07, 6.45) is 4.49. The Morgan fingerprint density at radius 3 is 2.78 bits per heavy atom. The molecule has 0 radical (unpaired) electrons. The van der Waals surface area contributed by atoms with Crippen LogP contribution < -0.4 is 0 Å². The molecule has 2 aliphatic rings. The summed E-state index contributed by atoms with van der Waals surface area (Å²) in [7, 11) is 1.51. The van der Waals surface area contributed by atoms with Crippen LogP contribution in [0.5, 0.6) is 0 Å². The third-order valence-corrected chi connectivity index (χ3v) is 5.08. The summed E-state index contributed by atoms with van der Waals surface area (Å²) in [5.74, 6) is -0.952. The summed E-state index contributed by atoms with van der Waals surface area (Å²) in [4.78, 5) is 26.2. The zero-order valence-corrected chi connectivity index (χ0v) is 13.5. The van der Waals surface area contributed by atoms with Gasteiger partial charge in [0, 0.05) is 25.8 Å². The fourth-order valence-corrected chi connectivity index (χ4v) is 3.82. The Morgan fingerprint density at radius 2 is 2.04 bits per heavy atom. The lowest BCUT2D eigenvalue weighted by molar-refractivity contribution is -0.155. The van der Waals surface area contributed by atoms with Crippen LogP contribution in [0.25, 0.3) is 0 Å². The molecule has 0 aromatic heterocycles. The molecule has 23 heavy (non-hydrogen) atoms. The number of carbonyl (C=O) groups excluding carboxylic acids is 1. The number of rotatable bonds is 4. The molecule has 1 aromatic carbocycles. The van der Waals surface area contributed by atoms with Gasteiger partial charge in [0.05, 0.1) is 6.61 Å². The number of benzene rings is 1. The molecule has 5 nitrogen and oxygen atoms in total. The van der Waals surface area contributed by atoms with Gasteiger partial charge in [-0.25, -0.2) is 0 Å². The van der Waals surface area contributed by atoms with Crippen molar-refractivity contribution in [2.24, 2.45) is 5.41 Å². The highest BCUT2D eigenvalue weighted by Crippen LogP contribution is 2.32. The number of amides is 1. The van der Waals surface area contributed by atoms with Gasteiger partial charge in [-0.1, -0.05) is 6.07 Å². The Labute approximate surface area is 136 Å².